The molecular formula is C21H33N3O2. The third-order valence-corrected chi connectivity index (χ3v) is 5.85. The lowest BCUT2D eigenvalue weighted by atomic mass is 9.91. The van der Waals surface area contributed by atoms with Crippen LogP contribution in [0.25, 0.3) is 0 Å². The average molecular weight is 360 g/mol. The number of amides is 1. The Balaban J connectivity index is 1.37. The molecule has 2 aliphatic heterocycles. The van der Waals surface area contributed by atoms with Gasteiger partial charge in [-0.3, -0.25) is 9.78 Å². The van der Waals surface area contributed by atoms with E-state index in [0.29, 0.717) is 37.5 Å². The first-order chi connectivity index (χ1) is 12.6. The average Bonchev–Trinajstić information content (AvgIpc) is 2.67. The van der Waals surface area contributed by atoms with Gasteiger partial charge in [-0.05, 0) is 64.3 Å². The van der Waals surface area contributed by atoms with Crippen molar-refractivity contribution in [2.45, 2.75) is 52.0 Å². The highest BCUT2D eigenvalue weighted by atomic mass is 16.5. The van der Waals surface area contributed by atoms with Gasteiger partial charge >= 0.3 is 0 Å². The first kappa shape index (κ1) is 19.3. The number of likely N-dealkylation sites (tertiary alicyclic amines) is 1. The minimum atomic E-state index is 0.314. The van der Waals surface area contributed by atoms with Gasteiger partial charge in [-0.25, -0.2) is 0 Å². The maximum absolute atomic E-state index is 12.3. The van der Waals surface area contributed by atoms with E-state index in [0.717, 1.165) is 44.7 Å². The Morgan fingerprint density at radius 3 is 2.65 bits per heavy atom. The Morgan fingerprint density at radius 2 is 1.96 bits per heavy atom. The molecule has 1 atom stereocenters. The van der Waals surface area contributed by atoms with Crippen LogP contribution in [0.15, 0.2) is 18.2 Å². The van der Waals surface area contributed by atoms with Gasteiger partial charge < -0.3 is 14.5 Å². The summed E-state index contributed by atoms with van der Waals surface area (Å²) in [5.41, 5.74) is 2.29. The Labute approximate surface area is 157 Å². The number of aryl methyl sites for hydroxylation is 1. The molecule has 5 heteroatoms. The van der Waals surface area contributed by atoms with Crippen LogP contribution in [0.1, 0.15) is 44.0 Å². The van der Waals surface area contributed by atoms with Crippen molar-refractivity contribution in [3.05, 3.63) is 29.6 Å². The highest BCUT2D eigenvalue weighted by Gasteiger charge is 2.24. The molecule has 1 aromatic rings. The Kier molecular flexibility index (Phi) is 7.03. The summed E-state index contributed by atoms with van der Waals surface area (Å²) in [4.78, 5) is 21.5. The summed E-state index contributed by atoms with van der Waals surface area (Å²) >= 11 is 0. The van der Waals surface area contributed by atoms with Gasteiger partial charge in [0.05, 0.1) is 13.2 Å². The molecule has 144 valence electrons. The number of aromatic nitrogens is 1. The van der Waals surface area contributed by atoms with Crippen LogP contribution in [0.2, 0.25) is 0 Å². The molecule has 1 amide bonds. The zero-order chi connectivity index (χ0) is 18.4. The molecule has 0 N–H and O–H groups in total. The Morgan fingerprint density at radius 1 is 1.23 bits per heavy atom. The molecule has 0 aliphatic carbocycles. The lowest BCUT2D eigenvalue weighted by Gasteiger charge is -2.36. The van der Waals surface area contributed by atoms with Crippen LogP contribution >= 0.6 is 0 Å². The first-order valence-corrected chi connectivity index (χ1v) is 10.1. The van der Waals surface area contributed by atoms with Crippen molar-refractivity contribution in [2.24, 2.45) is 5.92 Å². The van der Waals surface area contributed by atoms with E-state index in [4.69, 9.17) is 4.74 Å². The van der Waals surface area contributed by atoms with Gasteiger partial charge in [0.1, 0.15) is 0 Å². The van der Waals surface area contributed by atoms with E-state index in [9.17, 15) is 4.79 Å². The zero-order valence-corrected chi connectivity index (χ0v) is 16.3. The Bertz CT molecular complexity index is 578. The lowest BCUT2D eigenvalue weighted by Crippen LogP contribution is -2.42. The molecule has 0 bridgehead atoms. The number of carbonyl (C=O) groups excluding carboxylic acids is 1. The van der Waals surface area contributed by atoms with Gasteiger partial charge in [0.15, 0.2) is 0 Å². The lowest BCUT2D eigenvalue weighted by molar-refractivity contribution is -0.135. The third kappa shape index (κ3) is 5.52. The van der Waals surface area contributed by atoms with E-state index in [1.807, 2.05) is 4.90 Å². The molecule has 2 saturated heterocycles. The number of hydrogen-bond acceptors (Lipinski definition) is 4. The summed E-state index contributed by atoms with van der Waals surface area (Å²) in [5.74, 6) is 1.01. The molecule has 3 rings (SSSR count). The molecule has 5 nitrogen and oxygen atoms in total. The smallest absolute Gasteiger partial charge is 0.222 e. The molecule has 0 aromatic carbocycles. The zero-order valence-electron chi connectivity index (χ0n) is 16.3. The highest BCUT2D eigenvalue weighted by molar-refractivity contribution is 5.76. The number of hydrogen-bond donors (Lipinski definition) is 0. The van der Waals surface area contributed by atoms with Crippen LogP contribution in [0, 0.1) is 12.8 Å². The van der Waals surface area contributed by atoms with Gasteiger partial charge in [0, 0.05) is 43.4 Å². The van der Waals surface area contributed by atoms with Gasteiger partial charge in [-0.2, -0.15) is 0 Å². The topological polar surface area (TPSA) is 45.7 Å². The fourth-order valence-corrected chi connectivity index (χ4v) is 4.13. The van der Waals surface area contributed by atoms with Gasteiger partial charge in [0.25, 0.3) is 0 Å². The number of ether oxygens (including phenoxy) is 1. The summed E-state index contributed by atoms with van der Waals surface area (Å²) in [6.45, 7) is 9.57. The molecule has 26 heavy (non-hydrogen) atoms. The second-order valence-corrected chi connectivity index (χ2v) is 7.83. The van der Waals surface area contributed by atoms with Crippen LogP contribution in [-0.2, 0) is 16.0 Å². The highest BCUT2D eigenvalue weighted by Crippen LogP contribution is 2.24. The standard InChI is InChI=1S/C21H33N3O2/c1-17-4-3-5-20(22-17)16-18(2)23-10-8-19(9-11-23)6-7-21(25)24-12-14-26-15-13-24/h3-5,18-19H,6-16H2,1-2H3/t18-/m1/s1. The van der Waals surface area contributed by atoms with E-state index >= 15 is 0 Å². The van der Waals surface area contributed by atoms with Crippen molar-refractivity contribution in [1.82, 2.24) is 14.8 Å². The second kappa shape index (κ2) is 9.47. The van der Waals surface area contributed by atoms with Crippen LogP contribution in [0.3, 0.4) is 0 Å². The SMILES string of the molecule is Cc1cccc(C[C@@H](C)N2CCC(CCC(=O)N3CCOCC3)CC2)n1. The largest absolute Gasteiger partial charge is 0.378 e. The molecule has 0 radical (unpaired) electrons. The minimum Gasteiger partial charge on any atom is -0.378 e. The predicted octanol–water partition coefficient (Wildman–Crippen LogP) is 2.67. The normalized spacial score (nSPS) is 20.9. The van der Waals surface area contributed by atoms with Crippen molar-refractivity contribution >= 4 is 5.91 Å². The molecule has 1 aromatic heterocycles. The molecule has 0 spiro atoms. The predicted molar refractivity (Wildman–Crippen MR) is 103 cm³/mol. The summed E-state index contributed by atoms with van der Waals surface area (Å²) in [7, 11) is 0. The van der Waals surface area contributed by atoms with Crippen LogP contribution in [-0.4, -0.2) is 66.1 Å². The summed E-state index contributed by atoms with van der Waals surface area (Å²) in [6.07, 6.45) is 5.18. The maximum atomic E-state index is 12.3. The van der Waals surface area contributed by atoms with E-state index < -0.39 is 0 Å². The summed E-state index contributed by atoms with van der Waals surface area (Å²) in [5, 5.41) is 0. The van der Waals surface area contributed by atoms with E-state index in [1.165, 1.54) is 18.5 Å². The van der Waals surface area contributed by atoms with Crippen molar-refractivity contribution in [3.8, 4) is 0 Å². The van der Waals surface area contributed by atoms with Crippen LogP contribution in [0.4, 0.5) is 0 Å². The second-order valence-electron chi connectivity index (χ2n) is 7.83. The fourth-order valence-electron chi connectivity index (χ4n) is 4.13. The number of morpholine rings is 1. The van der Waals surface area contributed by atoms with E-state index in [2.05, 4.69) is 41.9 Å². The first-order valence-electron chi connectivity index (χ1n) is 10.1. The van der Waals surface area contributed by atoms with Gasteiger partial charge in [0.2, 0.25) is 5.91 Å². The summed E-state index contributed by atoms with van der Waals surface area (Å²) in [6, 6.07) is 6.81. The molecular weight excluding hydrogens is 326 g/mol. The van der Waals surface area contributed by atoms with Crippen LogP contribution < -0.4 is 0 Å². The number of carbonyl (C=O) groups is 1. The van der Waals surface area contributed by atoms with Gasteiger partial charge in [-0.1, -0.05) is 6.07 Å². The van der Waals surface area contributed by atoms with Crippen molar-refractivity contribution in [1.29, 1.82) is 0 Å². The third-order valence-electron chi connectivity index (χ3n) is 5.85. The number of nitrogens with zero attached hydrogens (tertiary/aromatic N) is 3. The molecule has 0 saturated carbocycles. The van der Waals surface area contributed by atoms with Crippen molar-refractivity contribution in [3.63, 3.8) is 0 Å². The van der Waals surface area contributed by atoms with Crippen molar-refractivity contribution < 1.29 is 9.53 Å². The number of piperidine rings is 1. The molecule has 3 heterocycles. The molecule has 0 unspecified atom stereocenters. The van der Waals surface area contributed by atoms with E-state index in [-0.39, 0.29) is 0 Å². The molecule has 2 fully saturated rings. The number of rotatable bonds is 6. The minimum absolute atomic E-state index is 0.314. The maximum Gasteiger partial charge on any atom is 0.222 e. The monoisotopic (exact) mass is 359 g/mol. The van der Waals surface area contributed by atoms with Gasteiger partial charge in [-0.15, -0.1) is 0 Å². The van der Waals surface area contributed by atoms with E-state index in [1.54, 1.807) is 0 Å². The molecule has 2 aliphatic rings. The summed E-state index contributed by atoms with van der Waals surface area (Å²) < 4.78 is 5.32. The van der Waals surface area contributed by atoms with Crippen LogP contribution in [0.5, 0.6) is 0 Å². The quantitative estimate of drug-likeness (QED) is 0.783. The Hall–Kier alpha value is -1.46. The van der Waals surface area contributed by atoms with Crippen molar-refractivity contribution in [2.75, 3.05) is 39.4 Å². The number of pyridine rings is 1. The fraction of sp³-hybridized carbons (Fsp3) is 0.714.